The molecule has 1 atom stereocenters. The van der Waals surface area contributed by atoms with E-state index >= 15 is 0 Å². The molecule has 1 amide bonds. The topological polar surface area (TPSA) is 67.4 Å². The summed E-state index contributed by atoms with van der Waals surface area (Å²) in [6.45, 7) is 4.65. The van der Waals surface area contributed by atoms with Crippen LogP contribution < -0.4 is 10.6 Å². The van der Waals surface area contributed by atoms with Gasteiger partial charge in [0.25, 0.3) is 0 Å². The third-order valence-corrected chi connectivity index (χ3v) is 4.51. The lowest BCUT2D eigenvalue weighted by atomic mass is 10.1. The Bertz CT molecular complexity index is 504. The van der Waals surface area contributed by atoms with Crippen molar-refractivity contribution in [2.45, 2.75) is 32.7 Å². The summed E-state index contributed by atoms with van der Waals surface area (Å²) >= 11 is 1.41. The highest BCUT2D eigenvalue weighted by atomic mass is 32.1. The fraction of sp³-hybridized carbons (Fsp3) is 0.538. The van der Waals surface area contributed by atoms with Crippen molar-refractivity contribution in [3.05, 3.63) is 16.0 Å². The number of aryl methyl sites for hydroxylation is 1. The van der Waals surface area contributed by atoms with Crippen LogP contribution in [0.2, 0.25) is 0 Å². The van der Waals surface area contributed by atoms with Gasteiger partial charge < -0.3 is 15.4 Å². The Morgan fingerprint density at radius 2 is 2.16 bits per heavy atom. The lowest BCUT2D eigenvalue weighted by molar-refractivity contribution is -0.117. The maximum absolute atomic E-state index is 12.1. The van der Waals surface area contributed by atoms with Gasteiger partial charge in [-0.25, -0.2) is 4.79 Å². The van der Waals surface area contributed by atoms with Crippen LogP contribution in [0.25, 0.3) is 0 Å². The van der Waals surface area contributed by atoms with E-state index in [0.29, 0.717) is 10.6 Å². The molecule has 0 saturated carbocycles. The van der Waals surface area contributed by atoms with Gasteiger partial charge in [-0.3, -0.25) is 4.79 Å². The third-order valence-electron chi connectivity index (χ3n) is 3.39. The molecule has 0 radical (unpaired) electrons. The largest absolute Gasteiger partial charge is 0.465 e. The number of ether oxygens (including phenoxy) is 1. The molecule has 1 aliphatic rings. The van der Waals surface area contributed by atoms with E-state index in [1.807, 2.05) is 13.8 Å². The number of nitrogens with one attached hydrogen (secondary N) is 2. The van der Waals surface area contributed by atoms with Crippen LogP contribution in [0.1, 0.15) is 33.6 Å². The van der Waals surface area contributed by atoms with Crippen LogP contribution in [-0.4, -0.2) is 31.6 Å². The van der Waals surface area contributed by atoms with E-state index in [0.717, 1.165) is 29.8 Å². The van der Waals surface area contributed by atoms with Crippen molar-refractivity contribution in [2.75, 3.05) is 19.0 Å². The average Bonchev–Trinajstić information content (AvgIpc) is 2.99. The zero-order chi connectivity index (χ0) is 14.0. The summed E-state index contributed by atoms with van der Waals surface area (Å²) in [6.07, 6.45) is 1.84. The van der Waals surface area contributed by atoms with Crippen LogP contribution in [0.5, 0.6) is 0 Å². The number of thiophene rings is 1. The molecule has 2 N–H and O–H groups in total. The predicted octanol–water partition coefficient (Wildman–Crippen LogP) is 1.84. The Morgan fingerprint density at radius 1 is 1.42 bits per heavy atom. The fourth-order valence-electron chi connectivity index (χ4n) is 2.17. The van der Waals surface area contributed by atoms with Gasteiger partial charge in [0.1, 0.15) is 5.00 Å². The number of esters is 1. The lowest BCUT2D eigenvalue weighted by Gasteiger charge is -2.11. The summed E-state index contributed by atoms with van der Waals surface area (Å²) < 4.78 is 4.78. The van der Waals surface area contributed by atoms with Gasteiger partial charge in [-0.1, -0.05) is 0 Å². The Morgan fingerprint density at radius 3 is 2.74 bits per heavy atom. The second kappa shape index (κ2) is 5.71. The van der Waals surface area contributed by atoms with E-state index in [9.17, 15) is 9.59 Å². The fourth-order valence-corrected chi connectivity index (χ4v) is 3.22. The van der Waals surface area contributed by atoms with Crippen molar-refractivity contribution in [3.63, 3.8) is 0 Å². The lowest BCUT2D eigenvalue weighted by Crippen LogP contribution is -2.35. The number of rotatable bonds is 3. The monoisotopic (exact) mass is 282 g/mol. The maximum atomic E-state index is 12.1. The molecule has 1 aromatic rings. The van der Waals surface area contributed by atoms with Crippen molar-refractivity contribution in [2.24, 2.45) is 0 Å². The predicted molar refractivity (Wildman–Crippen MR) is 74.8 cm³/mol. The van der Waals surface area contributed by atoms with Crippen molar-refractivity contribution >= 4 is 28.2 Å². The minimum Gasteiger partial charge on any atom is -0.465 e. The number of carbonyl (C=O) groups is 2. The number of anilines is 1. The number of methoxy groups -OCH3 is 1. The van der Waals surface area contributed by atoms with Gasteiger partial charge in [0.2, 0.25) is 5.91 Å². The van der Waals surface area contributed by atoms with E-state index in [2.05, 4.69) is 10.6 Å². The van der Waals surface area contributed by atoms with E-state index in [1.54, 1.807) is 0 Å². The first kappa shape index (κ1) is 14.0. The first-order valence-electron chi connectivity index (χ1n) is 6.27. The highest BCUT2D eigenvalue weighted by Gasteiger charge is 2.26. The quantitative estimate of drug-likeness (QED) is 0.830. The van der Waals surface area contributed by atoms with E-state index in [4.69, 9.17) is 4.74 Å². The standard InChI is InChI=1S/C13H18N2O3S/c1-7-8(2)19-12(10(7)13(17)18-3)15-11(16)9-5-4-6-14-9/h9,14H,4-6H2,1-3H3,(H,15,16). The van der Waals surface area contributed by atoms with Crippen molar-refractivity contribution in [3.8, 4) is 0 Å². The molecular formula is C13H18N2O3S. The molecular weight excluding hydrogens is 264 g/mol. The van der Waals surface area contributed by atoms with Gasteiger partial charge in [0, 0.05) is 4.88 Å². The van der Waals surface area contributed by atoms with Gasteiger partial charge >= 0.3 is 5.97 Å². The second-order valence-electron chi connectivity index (χ2n) is 4.62. The summed E-state index contributed by atoms with van der Waals surface area (Å²) in [6, 6.07) is -0.159. The summed E-state index contributed by atoms with van der Waals surface area (Å²) in [5.41, 5.74) is 1.34. The molecule has 104 valence electrons. The molecule has 2 rings (SSSR count). The molecule has 2 heterocycles. The van der Waals surface area contributed by atoms with E-state index in [-0.39, 0.29) is 11.9 Å². The Labute approximate surface area is 116 Å². The van der Waals surface area contributed by atoms with Crippen LogP contribution in [0.3, 0.4) is 0 Å². The normalized spacial score (nSPS) is 18.4. The van der Waals surface area contributed by atoms with Crippen LogP contribution in [0.4, 0.5) is 5.00 Å². The molecule has 1 saturated heterocycles. The summed E-state index contributed by atoms with van der Waals surface area (Å²) in [5.74, 6) is -0.486. The molecule has 1 aromatic heterocycles. The molecule has 1 unspecified atom stereocenters. The van der Waals surface area contributed by atoms with Crippen LogP contribution in [-0.2, 0) is 9.53 Å². The van der Waals surface area contributed by atoms with Crippen LogP contribution in [0, 0.1) is 13.8 Å². The third kappa shape index (κ3) is 2.79. The van der Waals surface area contributed by atoms with Gasteiger partial charge in [0.15, 0.2) is 0 Å². The van der Waals surface area contributed by atoms with Crippen molar-refractivity contribution < 1.29 is 14.3 Å². The highest BCUT2D eigenvalue weighted by Crippen LogP contribution is 2.33. The zero-order valence-corrected chi connectivity index (χ0v) is 12.1. The van der Waals surface area contributed by atoms with E-state index in [1.165, 1.54) is 18.4 Å². The molecule has 5 nitrogen and oxygen atoms in total. The zero-order valence-electron chi connectivity index (χ0n) is 11.3. The maximum Gasteiger partial charge on any atom is 0.341 e. The number of carbonyl (C=O) groups excluding carboxylic acids is 2. The SMILES string of the molecule is COC(=O)c1c(NC(=O)C2CCCN2)sc(C)c1C. The van der Waals surface area contributed by atoms with Gasteiger partial charge in [-0.15, -0.1) is 11.3 Å². The highest BCUT2D eigenvalue weighted by molar-refractivity contribution is 7.16. The molecule has 1 fully saturated rings. The smallest absolute Gasteiger partial charge is 0.341 e. The average molecular weight is 282 g/mol. The molecule has 0 aliphatic carbocycles. The van der Waals surface area contributed by atoms with Gasteiger partial charge in [-0.2, -0.15) is 0 Å². The van der Waals surface area contributed by atoms with Gasteiger partial charge in [0.05, 0.1) is 18.7 Å². The molecule has 19 heavy (non-hydrogen) atoms. The Balaban J connectivity index is 2.22. The van der Waals surface area contributed by atoms with Crippen LogP contribution >= 0.6 is 11.3 Å². The molecule has 0 spiro atoms. The Hall–Kier alpha value is -1.40. The number of hydrogen-bond acceptors (Lipinski definition) is 5. The Kier molecular flexibility index (Phi) is 4.21. The summed E-state index contributed by atoms with van der Waals surface area (Å²) in [7, 11) is 1.35. The van der Waals surface area contributed by atoms with Crippen LogP contribution in [0.15, 0.2) is 0 Å². The van der Waals surface area contributed by atoms with Gasteiger partial charge in [-0.05, 0) is 38.8 Å². The van der Waals surface area contributed by atoms with Crippen molar-refractivity contribution in [1.29, 1.82) is 0 Å². The first-order chi connectivity index (χ1) is 9.04. The van der Waals surface area contributed by atoms with E-state index < -0.39 is 5.97 Å². The molecule has 0 bridgehead atoms. The number of amides is 1. The first-order valence-corrected chi connectivity index (χ1v) is 7.08. The minimum atomic E-state index is -0.406. The van der Waals surface area contributed by atoms with Crippen molar-refractivity contribution in [1.82, 2.24) is 5.32 Å². The second-order valence-corrected chi connectivity index (χ2v) is 5.84. The number of hydrogen-bond donors (Lipinski definition) is 2. The summed E-state index contributed by atoms with van der Waals surface area (Å²) in [5, 5.41) is 6.57. The molecule has 1 aliphatic heterocycles. The molecule has 6 heteroatoms. The summed E-state index contributed by atoms with van der Waals surface area (Å²) in [4.78, 5) is 24.9. The minimum absolute atomic E-state index is 0.0797. The molecule has 0 aromatic carbocycles.